The van der Waals surface area contributed by atoms with Crippen molar-refractivity contribution in [2.75, 3.05) is 13.1 Å². The van der Waals surface area contributed by atoms with Gasteiger partial charge in [0.15, 0.2) is 0 Å². The van der Waals surface area contributed by atoms with Gasteiger partial charge in [-0.05, 0) is 31.4 Å². The van der Waals surface area contributed by atoms with Crippen LogP contribution in [-0.4, -0.2) is 38.4 Å². The van der Waals surface area contributed by atoms with Crippen molar-refractivity contribution in [1.82, 2.24) is 19.4 Å². The summed E-state index contributed by atoms with van der Waals surface area (Å²) in [6, 6.07) is 15.7. The third kappa shape index (κ3) is 3.25. The molecule has 1 unspecified atom stereocenters. The molecule has 1 aromatic carbocycles. The molecule has 5 heteroatoms. The molecule has 0 bridgehead atoms. The van der Waals surface area contributed by atoms with Crippen LogP contribution in [0, 0.1) is 12.8 Å². The van der Waals surface area contributed by atoms with Crippen molar-refractivity contribution in [2.24, 2.45) is 5.92 Å². The minimum absolute atomic E-state index is 0.0266. The Morgan fingerprint density at radius 3 is 2.69 bits per heavy atom. The molecule has 0 spiro atoms. The molecule has 4 rings (SSSR count). The average molecular weight is 346 g/mol. The van der Waals surface area contributed by atoms with Gasteiger partial charge in [-0.1, -0.05) is 36.4 Å². The summed E-state index contributed by atoms with van der Waals surface area (Å²) in [6.07, 6.45) is 4.60. The highest BCUT2D eigenvalue weighted by Gasteiger charge is 2.28. The van der Waals surface area contributed by atoms with Crippen LogP contribution in [0.3, 0.4) is 0 Å². The van der Waals surface area contributed by atoms with E-state index in [1.54, 1.807) is 12.3 Å². The van der Waals surface area contributed by atoms with Gasteiger partial charge in [0.05, 0.1) is 0 Å². The van der Waals surface area contributed by atoms with Crippen molar-refractivity contribution in [3.8, 4) is 11.4 Å². The van der Waals surface area contributed by atoms with Crippen LogP contribution in [0.15, 0.2) is 60.9 Å². The Hall–Kier alpha value is -2.95. The van der Waals surface area contributed by atoms with Gasteiger partial charge in [0, 0.05) is 43.3 Å². The topological polar surface area (TPSA) is 51.0 Å². The SMILES string of the molecule is Cc1cnc(-c2ccccc2)n1CC1CCN(C(=O)c2ccccn2)C1. The number of aryl methyl sites for hydroxylation is 1. The van der Waals surface area contributed by atoms with E-state index in [9.17, 15) is 4.79 Å². The summed E-state index contributed by atoms with van der Waals surface area (Å²) >= 11 is 0. The molecule has 0 saturated carbocycles. The van der Waals surface area contributed by atoms with Crippen molar-refractivity contribution < 1.29 is 4.79 Å². The number of pyridine rings is 1. The van der Waals surface area contributed by atoms with E-state index >= 15 is 0 Å². The molecular weight excluding hydrogens is 324 g/mol. The predicted molar refractivity (Wildman–Crippen MR) is 101 cm³/mol. The summed E-state index contributed by atoms with van der Waals surface area (Å²) in [7, 11) is 0. The molecule has 1 saturated heterocycles. The minimum Gasteiger partial charge on any atom is -0.337 e. The molecule has 1 amide bonds. The lowest BCUT2D eigenvalue weighted by molar-refractivity contribution is 0.0780. The van der Waals surface area contributed by atoms with Crippen LogP contribution in [0.1, 0.15) is 22.6 Å². The number of amides is 1. The maximum absolute atomic E-state index is 12.6. The summed E-state index contributed by atoms with van der Waals surface area (Å²) in [6.45, 7) is 4.52. The zero-order valence-corrected chi connectivity index (χ0v) is 14.9. The highest BCUT2D eigenvalue weighted by molar-refractivity contribution is 5.92. The first-order valence-electron chi connectivity index (χ1n) is 9.00. The van der Waals surface area contributed by atoms with E-state index in [1.165, 1.54) is 0 Å². The molecule has 132 valence electrons. The van der Waals surface area contributed by atoms with E-state index < -0.39 is 0 Å². The molecule has 0 N–H and O–H groups in total. The molecule has 1 aliphatic rings. The van der Waals surface area contributed by atoms with Crippen LogP contribution < -0.4 is 0 Å². The van der Waals surface area contributed by atoms with E-state index in [2.05, 4.69) is 33.6 Å². The number of hydrogen-bond donors (Lipinski definition) is 0. The zero-order valence-electron chi connectivity index (χ0n) is 14.9. The zero-order chi connectivity index (χ0) is 17.9. The first-order valence-corrected chi connectivity index (χ1v) is 9.00. The second-order valence-corrected chi connectivity index (χ2v) is 6.82. The van der Waals surface area contributed by atoms with Crippen LogP contribution in [0.5, 0.6) is 0 Å². The second-order valence-electron chi connectivity index (χ2n) is 6.82. The number of imidazole rings is 1. The second kappa shape index (κ2) is 7.12. The highest BCUT2D eigenvalue weighted by Crippen LogP contribution is 2.25. The van der Waals surface area contributed by atoms with Gasteiger partial charge in [-0.15, -0.1) is 0 Å². The quantitative estimate of drug-likeness (QED) is 0.727. The van der Waals surface area contributed by atoms with Gasteiger partial charge in [0.1, 0.15) is 11.5 Å². The van der Waals surface area contributed by atoms with E-state index in [4.69, 9.17) is 0 Å². The molecule has 3 heterocycles. The fourth-order valence-corrected chi connectivity index (χ4v) is 3.58. The lowest BCUT2D eigenvalue weighted by Gasteiger charge is -2.18. The highest BCUT2D eigenvalue weighted by atomic mass is 16.2. The van der Waals surface area contributed by atoms with Gasteiger partial charge in [0.2, 0.25) is 0 Å². The summed E-state index contributed by atoms with van der Waals surface area (Å²) in [5.74, 6) is 1.45. The van der Waals surface area contributed by atoms with Gasteiger partial charge in [0.25, 0.3) is 5.91 Å². The molecule has 2 aromatic heterocycles. The van der Waals surface area contributed by atoms with Crippen molar-refractivity contribution in [1.29, 1.82) is 0 Å². The molecule has 1 aliphatic heterocycles. The molecule has 5 nitrogen and oxygen atoms in total. The van der Waals surface area contributed by atoms with E-state index in [0.29, 0.717) is 11.6 Å². The Kier molecular flexibility index (Phi) is 4.52. The third-order valence-electron chi connectivity index (χ3n) is 4.98. The minimum atomic E-state index is 0.0266. The van der Waals surface area contributed by atoms with Crippen LogP contribution in [0.2, 0.25) is 0 Å². The Bertz CT molecular complexity index is 889. The predicted octanol–water partition coefficient (Wildman–Crippen LogP) is 3.42. The average Bonchev–Trinajstić information content (AvgIpc) is 3.30. The molecule has 0 aliphatic carbocycles. The van der Waals surface area contributed by atoms with Crippen LogP contribution in [0.25, 0.3) is 11.4 Å². The van der Waals surface area contributed by atoms with Gasteiger partial charge in [-0.25, -0.2) is 4.98 Å². The number of carbonyl (C=O) groups excluding carboxylic acids is 1. The van der Waals surface area contributed by atoms with E-state index in [1.807, 2.05) is 41.4 Å². The lowest BCUT2D eigenvalue weighted by Crippen LogP contribution is -2.30. The smallest absolute Gasteiger partial charge is 0.272 e. The third-order valence-corrected chi connectivity index (χ3v) is 4.98. The van der Waals surface area contributed by atoms with Gasteiger partial charge >= 0.3 is 0 Å². The van der Waals surface area contributed by atoms with Gasteiger partial charge in [-0.2, -0.15) is 0 Å². The number of nitrogens with zero attached hydrogens (tertiary/aromatic N) is 4. The van der Waals surface area contributed by atoms with Crippen molar-refractivity contribution in [3.63, 3.8) is 0 Å². The number of carbonyl (C=O) groups is 1. The standard InChI is InChI=1S/C21H22N4O/c1-16-13-23-20(18-7-3-2-4-8-18)25(16)15-17-10-12-24(14-17)21(26)19-9-5-6-11-22-19/h2-9,11,13,17H,10,12,14-15H2,1H3. The number of rotatable bonds is 4. The number of aromatic nitrogens is 3. The van der Waals surface area contributed by atoms with Crippen LogP contribution in [-0.2, 0) is 6.54 Å². The maximum Gasteiger partial charge on any atom is 0.272 e. The Morgan fingerprint density at radius 1 is 1.12 bits per heavy atom. The first-order chi connectivity index (χ1) is 12.7. The number of hydrogen-bond acceptors (Lipinski definition) is 3. The van der Waals surface area contributed by atoms with Crippen molar-refractivity contribution in [2.45, 2.75) is 19.9 Å². The Morgan fingerprint density at radius 2 is 1.92 bits per heavy atom. The molecule has 1 atom stereocenters. The van der Waals surface area contributed by atoms with Crippen molar-refractivity contribution >= 4 is 5.91 Å². The van der Waals surface area contributed by atoms with Gasteiger partial charge in [-0.3, -0.25) is 9.78 Å². The molecule has 1 fully saturated rings. The first kappa shape index (κ1) is 16.5. The Balaban J connectivity index is 1.48. The lowest BCUT2D eigenvalue weighted by atomic mass is 10.1. The fourth-order valence-electron chi connectivity index (χ4n) is 3.58. The number of benzene rings is 1. The van der Waals surface area contributed by atoms with Crippen molar-refractivity contribution in [3.05, 3.63) is 72.3 Å². The number of likely N-dealkylation sites (tertiary alicyclic amines) is 1. The summed E-state index contributed by atoms with van der Waals surface area (Å²) in [5, 5.41) is 0. The molecule has 0 radical (unpaired) electrons. The van der Waals surface area contributed by atoms with Gasteiger partial charge < -0.3 is 9.47 Å². The largest absolute Gasteiger partial charge is 0.337 e. The maximum atomic E-state index is 12.6. The van der Waals surface area contributed by atoms with E-state index in [-0.39, 0.29) is 5.91 Å². The summed E-state index contributed by atoms with van der Waals surface area (Å²) in [4.78, 5) is 23.3. The van der Waals surface area contributed by atoms with Crippen LogP contribution in [0.4, 0.5) is 0 Å². The molecular formula is C21H22N4O. The normalized spacial score (nSPS) is 16.8. The molecule has 3 aromatic rings. The van der Waals surface area contributed by atoms with E-state index in [0.717, 1.165) is 43.1 Å². The summed E-state index contributed by atoms with van der Waals surface area (Å²) in [5.41, 5.74) is 2.80. The molecule has 26 heavy (non-hydrogen) atoms. The monoisotopic (exact) mass is 346 g/mol. The fraction of sp³-hybridized carbons (Fsp3) is 0.286. The summed E-state index contributed by atoms with van der Waals surface area (Å²) < 4.78 is 2.27. The van der Waals surface area contributed by atoms with Crippen LogP contribution >= 0.6 is 0 Å². The Labute approximate surface area is 153 Å².